The van der Waals surface area contributed by atoms with Gasteiger partial charge in [-0.05, 0) is 36.8 Å². The van der Waals surface area contributed by atoms with Crippen LogP contribution in [0.25, 0.3) is 0 Å². The monoisotopic (exact) mass is 221 g/mol. The molecule has 0 spiro atoms. The van der Waals surface area contributed by atoms with Gasteiger partial charge in [-0.25, -0.2) is 0 Å². The number of aliphatic hydroxyl groups excluding tert-OH is 1. The van der Waals surface area contributed by atoms with Gasteiger partial charge in [0.1, 0.15) is 0 Å². The second-order valence-corrected chi connectivity index (χ2v) is 5.71. The highest BCUT2D eigenvalue weighted by Gasteiger charge is 2.41. The molecule has 1 saturated carbocycles. The van der Waals surface area contributed by atoms with Crippen LogP contribution in [0.2, 0.25) is 0 Å². The molecule has 2 N–H and O–H groups in total. The fraction of sp³-hybridized carbons (Fsp3) is 0.714. The van der Waals surface area contributed by atoms with E-state index in [9.17, 15) is 5.11 Å². The highest BCUT2D eigenvalue weighted by atomic mass is 16.3. The van der Waals surface area contributed by atoms with E-state index in [-0.39, 0.29) is 11.5 Å². The van der Waals surface area contributed by atoms with E-state index in [1.807, 2.05) is 18.5 Å². The van der Waals surface area contributed by atoms with Gasteiger partial charge in [-0.2, -0.15) is 0 Å². The van der Waals surface area contributed by atoms with E-state index >= 15 is 0 Å². The number of nitrogens with one attached hydrogen (secondary N) is 1. The van der Waals surface area contributed by atoms with Crippen molar-refractivity contribution >= 4 is 0 Å². The Hall–Kier alpha value is -0.760. The van der Waals surface area contributed by atoms with Crippen molar-refractivity contribution in [3.8, 4) is 0 Å². The molecule has 1 aliphatic rings. The van der Waals surface area contributed by atoms with E-state index < -0.39 is 0 Å². The van der Waals surface area contributed by atoms with Gasteiger partial charge < -0.3 is 10.1 Å². The lowest BCUT2D eigenvalue weighted by Gasteiger charge is -2.35. The van der Waals surface area contributed by atoms with Crippen LogP contribution in [0, 0.1) is 11.3 Å². The molecule has 90 valence electrons. The van der Waals surface area contributed by atoms with Crippen molar-refractivity contribution in [2.75, 3.05) is 0 Å². The van der Waals surface area contributed by atoms with Crippen LogP contribution in [-0.4, -0.2) is 10.1 Å². The molecule has 1 aromatic heterocycles. The standard InChI is InChI=1S/C14H23NO/c1-11(2)9-14(6-3-4-7-14)13(16)12-5-8-15-10-12/h5,8,10-11,13,15-16H,3-4,6-7,9H2,1-2H3. The zero-order valence-electron chi connectivity index (χ0n) is 10.4. The van der Waals surface area contributed by atoms with Crippen molar-refractivity contribution in [2.24, 2.45) is 11.3 Å². The Kier molecular flexibility index (Phi) is 3.38. The number of H-pyrrole nitrogens is 1. The maximum atomic E-state index is 10.6. The summed E-state index contributed by atoms with van der Waals surface area (Å²) in [5.74, 6) is 0.659. The van der Waals surface area contributed by atoms with E-state index in [4.69, 9.17) is 0 Å². The van der Waals surface area contributed by atoms with Crippen molar-refractivity contribution in [3.05, 3.63) is 24.0 Å². The van der Waals surface area contributed by atoms with Crippen LogP contribution in [0.4, 0.5) is 0 Å². The molecule has 1 atom stereocenters. The van der Waals surface area contributed by atoms with Crippen LogP contribution in [0.5, 0.6) is 0 Å². The van der Waals surface area contributed by atoms with E-state index in [2.05, 4.69) is 18.8 Å². The van der Waals surface area contributed by atoms with Crippen molar-refractivity contribution in [2.45, 2.75) is 52.1 Å². The summed E-state index contributed by atoms with van der Waals surface area (Å²) in [5.41, 5.74) is 1.19. The largest absolute Gasteiger partial charge is 0.388 e. The molecule has 16 heavy (non-hydrogen) atoms. The molecule has 2 nitrogen and oxygen atoms in total. The third-order valence-corrected chi connectivity index (χ3v) is 3.93. The maximum Gasteiger partial charge on any atom is 0.0860 e. The first-order valence-electron chi connectivity index (χ1n) is 6.45. The minimum absolute atomic E-state index is 0.135. The molecule has 1 heterocycles. The van der Waals surface area contributed by atoms with Crippen molar-refractivity contribution in [3.63, 3.8) is 0 Å². The lowest BCUT2D eigenvalue weighted by Crippen LogP contribution is -2.27. The van der Waals surface area contributed by atoms with Crippen molar-refractivity contribution in [1.29, 1.82) is 0 Å². The molecule has 0 amide bonds. The highest BCUT2D eigenvalue weighted by molar-refractivity contribution is 5.16. The van der Waals surface area contributed by atoms with Crippen molar-refractivity contribution in [1.82, 2.24) is 4.98 Å². The third kappa shape index (κ3) is 2.17. The zero-order valence-corrected chi connectivity index (χ0v) is 10.4. The molecule has 0 bridgehead atoms. The summed E-state index contributed by atoms with van der Waals surface area (Å²) in [5, 5.41) is 10.6. The van der Waals surface area contributed by atoms with E-state index in [1.54, 1.807) is 0 Å². The topological polar surface area (TPSA) is 36.0 Å². The highest BCUT2D eigenvalue weighted by Crippen LogP contribution is 2.51. The van der Waals surface area contributed by atoms with Gasteiger partial charge >= 0.3 is 0 Å². The first kappa shape index (κ1) is 11.7. The lowest BCUT2D eigenvalue weighted by molar-refractivity contribution is 0.0113. The number of aromatic nitrogens is 1. The van der Waals surface area contributed by atoms with Crippen LogP contribution in [0.3, 0.4) is 0 Å². The van der Waals surface area contributed by atoms with E-state index in [1.165, 1.54) is 25.7 Å². The first-order chi connectivity index (χ1) is 7.64. The van der Waals surface area contributed by atoms with Gasteiger partial charge in [0.25, 0.3) is 0 Å². The Labute approximate surface area is 98.1 Å². The van der Waals surface area contributed by atoms with Gasteiger partial charge in [0, 0.05) is 17.8 Å². The van der Waals surface area contributed by atoms with Gasteiger partial charge in [0.05, 0.1) is 6.10 Å². The number of aliphatic hydroxyl groups is 1. The number of aromatic amines is 1. The molecular weight excluding hydrogens is 198 g/mol. The third-order valence-electron chi connectivity index (χ3n) is 3.93. The Morgan fingerprint density at radius 2 is 2.06 bits per heavy atom. The van der Waals surface area contributed by atoms with Gasteiger partial charge in [0.15, 0.2) is 0 Å². The quantitative estimate of drug-likeness (QED) is 0.799. The molecule has 1 aliphatic carbocycles. The molecule has 0 radical (unpaired) electrons. The fourth-order valence-electron chi connectivity index (χ4n) is 3.34. The predicted octanol–water partition coefficient (Wildman–Crippen LogP) is 3.65. The Morgan fingerprint density at radius 1 is 1.38 bits per heavy atom. The summed E-state index contributed by atoms with van der Waals surface area (Å²) >= 11 is 0. The minimum Gasteiger partial charge on any atom is -0.388 e. The Balaban J connectivity index is 2.18. The Morgan fingerprint density at radius 3 is 2.56 bits per heavy atom. The summed E-state index contributed by atoms with van der Waals surface area (Å²) in [6.45, 7) is 4.51. The second kappa shape index (κ2) is 4.62. The summed E-state index contributed by atoms with van der Waals surface area (Å²) in [4.78, 5) is 3.04. The minimum atomic E-state index is -0.288. The second-order valence-electron chi connectivity index (χ2n) is 5.71. The van der Waals surface area contributed by atoms with Crippen LogP contribution < -0.4 is 0 Å². The average molecular weight is 221 g/mol. The van der Waals surface area contributed by atoms with Crippen LogP contribution in [0.15, 0.2) is 18.5 Å². The fourth-order valence-corrected chi connectivity index (χ4v) is 3.34. The summed E-state index contributed by atoms with van der Waals surface area (Å²) in [7, 11) is 0. The van der Waals surface area contributed by atoms with E-state index in [0.29, 0.717) is 5.92 Å². The normalized spacial score (nSPS) is 21.5. The first-order valence-corrected chi connectivity index (χ1v) is 6.45. The predicted molar refractivity (Wildman–Crippen MR) is 66.1 cm³/mol. The zero-order chi connectivity index (χ0) is 11.6. The molecule has 0 aromatic carbocycles. The number of rotatable bonds is 4. The molecule has 1 aromatic rings. The van der Waals surface area contributed by atoms with Gasteiger partial charge in [-0.15, -0.1) is 0 Å². The molecule has 0 saturated heterocycles. The summed E-state index contributed by atoms with van der Waals surface area (Å²) in [6, 6.07) is 2.01. The number of hydrogen-bond acceptors (Lipinski definition) is 1. The molecular formula is C14H23NO. The average Bonchev–Trinajstić information content (AvgIpc) is 2.85. The molecule has 2 heteroatoms. The molecule has 1 unspecified atom stereocenters. The van der Waals surface area contributed by atoms with Gasteiger partial charge in [0.2, 0.25) is 0 Å². The summed E-state index contributed by atoms with van der Waals surface area (Å²) in [6.07, 6.45) is 9.59. The molecule has 1 fully saturated rings. The van der Waals surface area contributed by atoms with E-state index in [0.717, 1.165) is 12.0 Å². The Bertz CT molecular complexity index is 309. The van der Waals surface area contributed by atoms with Crippen molar-refractivity contribution < 1.29 is 5.11 Å². The van der Waals surface area contributed by atoms with Gasteiger partial charge in [-0.3, -0.25) is 0 Å². The maximum absolute atomic E-state index is 10.6. The summed E-state index contributed by atoms with van der Waals surface area (Å²) < 4.78 is 0. The molecule has 2 rings (SSSR count). The van der Waals surface area contributed by atoms with Crippen LogP contribution >= 0.6 is 0 Å². The SMILES string of the molecule is CC(C)CC1(C(O)c2cc[nH]c2)CCCC1. The van der Waals surface area contributed by atoms with Crippen LogP contribution in [0.1, 0.15) is 57.6 Å². The lowest BCUT2D eigenvalue weighted by atomic mass is 9.72. The number of hydrogen-bond donors (Lipinski definition) is 2. The van der Waals surface area contributed by atoms with Gasteiger partial charge in [-0.1, -0.05) is 26.7 Å². The van der Waals surface area contributed by atoms with Crippen LogP contribution in [-0.2, 0) is 0 Å². The molecule has 0 aliphatic heterocycles. The smallest absolute Gasteiger partial charge is 0.0860 e.